The molecule has 0 aliphatic heterocycles. The minimum absolute atomic E-state index is 0.0305. The molecule has 166 valence electrons. The van der Waals surface area contributed by atoms with Crippen LogP contribution in [0.5, 0.6) is 5.75 Å². The highest BCUT2D eigenvalue weighted by Gasteiger charge is 2.32. The van der Waals surface area contributed by atoms with Crippen LogP contribution < -0.4 is 20.3 Å². The zero-order valence-corrected chi connectivity index (χ0v) is 18.9. The van der Waals surface area contributed by atoms with E-state index in [-0.39, 0.29) is 17.9 Å². The number of hydrogen-bond acceptors (Lipinski definition) is 4. The van der Waals surface area contributed by atoms with Gasteiger partial charge in [0.25, 0.3) is 0 Å². The Morgan fingerprint density at radius 3 is 2.16 bits per heavy atom. The van der Waals surface area contributed by atoms with Crippen LogP contribution in [0, 0.1) is 17.8 Å². The van der Waals surface area contributed by atoms with E-state index in [9.17, 15) is 9.59 Å². The zero-order chi connectivity index (χ0) is 22.4. The van der Waals surface area contributed by atoms with Gasteiger partial charge in [-0.15, -0.1) is 0 Å². The Balaban J connectivity index is 1.92. The van der Waals surface area contributed by atoms with Gasteiger partial charge in [-0.1, -0.05) is 52.0 Å². The summed E-state index contributed by atoms with van der Waals surface area (Å²) < 4.78 is 5.71. The normalized spacial score (nSPS) is 13.2. The Morgan fingerprint density at radius 2 is 1.58 bits per heavy atom. The van der Waals surface area contributed by atoms with E-state index in [0.717, 1.165) is 31.6 Å². The first-order chi connectivity index (χ1) is 14.8. The summed E-state index contributed by atoms with van der Waals surface area (Å²) in [5.41, 5.74) is 2.06. The summed E-state index contributed by atoms with van der Waals surface area (Å²) in [6, 6.07) is 14.5. The van der Waals surface area contributed by atoms with Crippen molar-refractivity contribution in [1.82, 2.24) is 0 Å². The predicted octanol–water partition coefficient (Wildman–Crippen LogP) is 5.76. The van der Waals surface area contributed by atoms with E-state index in [4.69, 9.17) is 4.74 Å². The topological polar surface area (TPSA) is 70.7 Å². The lowest BCUT2D eigenvalue weighted by Gasteiger charge is -2.31. The van der Waals surface area contributed by atoms with Crippen LogP contribution in [0.15, 0.2) is 48.5 Å². The molecule has 0 saturated heterocycles. The second kappa shape index (κ2) is 10.3. The quantitative estimate of drug-likeness (QED) is 0.397. The molecule has 31 heavy (non-hydrogen) atoms. The van der Waals surface area contributed by atoms with Crippen molar-refractivity contribution < 1.29 is 14.3 Å². The fourth-order valence-electron chi connectivity index (χ4n) is 3.45. The number of benzene rings is 2. The Kier molecular flexibility index (Phi) is 7.55. The largest absolute Gasteiger partial charge is 0.424 e. The molecule has 2 aromatic rings. The van der Waals surface area contributed by atoms with E-state index in [1.165, 1.54) is 0 Å². The molecule has 6 nitrogen and oxygen atoms in total. The van der Waals surface area contributed by atoms with E-state index in [0.29, 0.717) is 29.0 Å². The number of para-hydroxylation sites is 2. The summed E-state index contributed by atoms with van der Waals surface area (Å²) in [6.45, 7) is 10.3. The monoisotopic (exact) mass is 423 g/mol. The molecule has 0 unspecified atom stereocenters. The van der Waals surface area contributed by atoms with Crippen molar-refractivity contribution in [3.8, 4) is 5.75 Å². The summed E-state index contributed by atoms with van der Waals surface area (Å²) in [6.07, 6.45) is 1.73. The van der Waals surface area contributed by atoms with E-state index in [1.807, 2.05) is 42.5 Å². The maximum Gasteiger partial charge on any atom is 0.323 e. The summed E-state index contributed by atoms with van der Waals surface area (Å²) in [5.74, 6) is 0.986. The molecule has 1 aliphatic rings. The van der Waals surface area contributed by atoms with Crippen molar-refractivity contribution in [3.63, 3.8) is 0 Å². The standard InChI is InChI=1S/C25H33N3O3/c1-17(2)15-28(16-18(3)4)21-11-8-12-22(31-24(29)19-13-14-19)23(21)27-25(30)26-20-9-6-5-7-10-20/h5-12,17-19H,13-16H2,1-4H3,(H2,26,27,30). The SMILES string of the molecule is CC(C)CN(CC(C)C)c1cccc(OC(=O)C2CC2)c1NC(=O)Nc1ccccc1. The Labute approximate surface area is 185 Å². The fraction of sp³-hybridized carbons (Fsp3) is 0.440. The molecule has 0 spiro atoms. The number of urea groups is 1. The third-order valence-corrected chi connectivity index (χ3v) is 4.91. The molecule has 1 aliphatic carbocycles. The average molecular weight is 424 g/mol. The second-order valence-electron chi connectivity index (χ2n) is 8.98. The van der Waals surface area contributed by atoms with Gasteiger partial charge in [0.1, 0.15) is 5.69 Å². The lowest BCUT2D eigenvalue weighted by Crippen LogP contribution is -2.32. The number of amides is 2. The first-order valence-electron chi connectivity index (χ1n) is 11.1. The van der Waals surface area contributed by atoms with Gasteiger partial charge in [0.15, 0.2) is 5.75 Å². The first kappa shape index (κ1) is 22.7. The molecule has 2 N–H and O–H groups in total. The van der Waals surface area contributed by atoms with Crippen molar-refractivity contribution in [2.75, 3.05) is 28.6 Å². The highest BCUT2D eigenvalue weighted by Crippen LogP contribution is 2.38. The van der Waals surface area contributed by atoms with Crippen molar-refractivity contribution in [3.05, 3.63) is 48.5 Å². The summed E-state index contributed by atoms with van der Waals surface area (Å²) in [4.78, 5) is 27.4. The number of esters is 1. The van der Waals surface area contributed by atoms with Gasteiger partial charge >= 0.3 is 12.0 Å². The molecule has 0 aromatic heterocycles. The zero-order valence-electron chi connectivity index (χ0n) is 18.9. The van der Waals surface area contributed by atoms with Crippen LogP contribution in [-0.2, 0) is 4.79 Å². The number of carbonyl (C=O) groups is 2. The lowest BCUT2D eigenvalue weighted by atomic mass is 10.1. The third-order valence-electron chi connectivity index (χ3n) is 4.91. The smallest absolute Gasteiger partial charge is 0.323 e. The van der Waals surface area contributed by atoms with Gasteiger partial charge in [0.2, 0.25) is 0 Å². The van der Waals surface area contributed by atoms with Crippen LogP contribution in [-0.4, -0.2) is 25.1 Å². The summed E-state index contributed by atoms with van der Waals surface area (Å²) >= 11 is 0. The van der Waals surface area contributed by atoms with Crippen molar-refractivity contribution in [2.24, 2.45) is 17.8 Å². The minimum Gasteiger partial charge on any atom is -0.424 e. The predicted molar refractivity (Wildman–Crippen MR) is 126 cm³/mol. The molecule has 6 heteroatoms. The molecule has 0 heterocycles. The molecule has 0 radical (unpaired) electrons. The summed E-state index contributed by atoms with van der Waals surface area (Å²) in [7, 11) is 0. The Bertz CT molecular complexity index is 882. The lowest BCUT2D eigenvalue weighted by molar-refractivity contribution is -0.135. The van der Waals surface area contributed by atoms with Gasteiger partial charge in [-0.2, -0.15) is 0 Å². The molecule has 1 saturated carbocycles. The number of anilines is 3. The highest BCUT2D eigenvalue weighted by molar-refractivity contribution is 6.03. The van der Waals surface area contributed by atoms with Crippen molar-refractivity contribution >= 4 is 29.1 Å². The van der Waals surface area contributed by atoms with Crippen molar-refractivity contribution in [1.29, 1.82) is 0 Å². The van der Waals surface area contributed by atoms with E-state index in [1.54, 1.807) is 6.07 Å². The highest BCUT2D eigenvalue weighted by atomic mass is 16.5. The molecule has 3 rings (SSSR count). The molecule has 0 bridgehead atoms. The molecular weight excluding hydrogens is 390 g/mol. The Morgan fingerprint density at radius 1 is 0.935 bits per heavy atom. The van der Waals surface area contributed by atoms with Gasteiger partial charge in [-0.25, -0.2) is 4.79 Å². The van der Waals surface area contributed by atoms with Crippen LogP contribution >= 0.6 is 0 Å². The number of nitrogens with zero attached hydrogens (tertiary/aromatic N) is 1. The molecule has 2 aromatic carbocycles. The van der Waals surface area contributed by atoms with Gasteiger partial charge < -0.3 is 20.3 Å². The van der Waals surface area contributed by atoms with Crippen molar-refractivity contribution in [2.45, 2.75) is 40.5 Å². The van der Waals surface area contributed by atoms with Gasteiger partial charge in [-0.05, 0) is 48.9 Å². The van der Waals surface area contributed by atoms with Gasteiger partial charge in [0, 0.05) is 18.8 Å². The van der Waals surface area contributed by atoms with Crippen LogP contribution in [0.1, 0.15) is 40.5 Å². The molecule has 0 atom stereocenters. The maximum atomic E-state index is 12.8. The number of rotatable bonds is 9. The first-order valence-corrected chi connectivity index (χ1v) is 11.1. The summed E-state index contributed by atoms with van der Waals surface area (Å²) in [5, 5.41) is 5.80. The number of carbonyl (C=O) groups excluding carboxylic acids is 2. The van der Waals surface area contributed by atoms with Gasteiger partial charge in [-0.3, -0.25) is 4.79 Å². The maximum absolute atomic E-state index is 12.8. The molecule has 1 fully saturated rings. The van der Waals surface area contributed by atoms with Crippen LogP contribution in [0.25, 0.3) is 0 Å². The minimum atomic E-state index is -0.378. The average Bonchev–Trinajstić information content (AvgIpc) is 3.54. The van der Waals surface area contributed by atoms with E-state index < -0.39 is 0 Å². The molecule has 2 amide bonds. The number of nitrogens with one attached hydrogen (secondary N) is 2. The molecular formula is C25H33N3O3. The number of hydrogen-bond donors (Lipinski definition) is 2. The van der Waals surface area contributed by atoms with Crippen LogP contribution in [0.2, 0.25) is 0 Å². The van der Waals surface area contributed by atoms with E-state index >= 15 is 0 Å². The fourth-order valence-corrected chi connectivity index (χ4v) is 3.45. The van der Waals surface area contributed by atoms with Crippen LogP contribution in [0.3, 0.4) is 0 Å². The second-order valence-corrected chi connectivity index (χ2v) is 8.98. The van der Waals surface area contributed by atoms with E-state index in [2.05, 4.69) is 43.2 Å². The Hall–Kier alpha value is -3.02. The third kappa shape index (κ3) is 6.74. The van der Waals surface area contributed by atoms with Gasteiger partial charge in [0.05, 0.1) is 11.6 Å². The van der Waals surface area contributed by atoms with Crippen LogP contribution in [0.4, 0.5) is 21.9 Å². The number of ether oxygens (including phenoxy) is 1.